The van der Waals surface area contributed by atoms with Crippen molar-refractivity contribution in [3.05, 3.63) is 34.8 Å². The van der Waals surface area contributed by atoms with Crippen LogP contribution in [0.1, 0.15) is 10.4 Å². The number of ether oxygens (including phenoxy) is 1. The smallest absolute Gasteiger partial charge is 0.341 e. The number of methoxy groups -OCH3 is 1. The zero-order valence-corrected chi connectivity index (χ0v) is 8.47. The molecule has 0 aliphatic carbocycles. The molecule has 78 valence electrons. The molecule has 3 nitrogen and oxygen atoms in total. The summed E-state index contributed by atoms with van der Waals surface area (Å²) in [5, 5.41) is -0.0107. The number of furan rings is 1. The van der Waals surface area contributed by atoms with Crippen LogP contribution < -0.4 is 0 Å². The first-order chi connectivity index (χ1) is 7.15. The van der Waals surface area contributed by atoms with Gasteiger partial charge in [-0.15, -0.1) is 0 Å². The average molecular weight is 229 g/mol. The Hall–Kier alpha value is -1.55. The highest BCUT2D eigenvalue weighted by molar-refractivity contribution is 6.31. The Labute approximate surface area is 89.4 Å². The minimum absolute atomic E-state index is 0.0347. The van der Waals surface area contributed by atoms with Gasteiger partial charge in [0.1, 0.15) is 17.4 Å². The number of benzene rings is 1. The van der Waals surface area contributed by atoms with Crippen LogP contribution in [0.3, 0.4) is 0 Å². The minimum Gasteiger partial charge on any atom is -0.465 e. The molecule has 0 aliphatic heterocycles. The molecule has 2 rings (SSSR count). The summed E-state index contributed by atoms with van der Waals surface area (Å²) in [7, 11) is 1.21. The molecule has 0 spiro atoms. The van der Waals surface area contributed by atoms with Crippen LogP contribution in [-0.2, 0) is 4.74 Å². The molecule has 0 N–H and O–H groups in total. The number of carbonyl (C=O) groups is 1. The predicted octanol–water partition coefficient (Wildman–Crippen LogP) is 3.01. The highest BCUT2D eigenvalue weighted by Crippen LogP contribution is 2.29. The Kier molecular flexibility index (Phi) is 2.36. The van der Waals surface area contributed by atoms with Gasteiger partial charge in [0.2, 0.25) is 0 Å². The standard InChI is InChI=1S/C10H6ClFO3/c1-14-10(13)5-4-15-7-3-2-6(11)9(12)8(5)7/h2-4H,1H3. The molecular formula is C10H6ClFO3. The van der Waals surface area contributed by atoms with E-state index in [0.29, 0.717) is 0 Å². The maximum Gasteiger partial charge on any atom is 0.341 e. The monoisotopic (exact) mass is 228 g/mol. The Morgan fingerprint density at radius 3 is 2.93 bits per heavy atom. The zero-order valence-electron chi connectivity index (χ0n) is 7.71. The molecule has 15 heavy (non-hydrogen) atoms. The van der Waals surface area contributed by atoms with Gasteiger partial charge in [-0.3, -0.25) is 0 Å². The predicted molar refractivity (Wildman–Crippen MR) is 52.5 cm³/mol. The molecule has 0 saturated heterocycles. The van der Waals surface area contributed by atoms with E-state index in [-0.39, 0.29) is 21.6 Å². The van der Waals surface area contributed by atoms with Crippen molar-refractivity contribution < 1.29 is 18.3 Å². The van der Waals surface area contributed by atoms with Gasteiger partial charge in [-0.05, 0) is 12.1 Å². The molecule has 2 aromatic rings. The van der Waals surface area contributed by atoms with E-state index in [9.17, 15) is 9.18 Å². The van der Waals surface area contributed by atoms with E-state index in [0.717, 1.165) is 6.26 Å². The maximum atomic E-state index is 13.6. The first-order valence-corrected chi connectivity index (χ1v) is 4.46. The lowest BCUT2D eigenvalue weighted by atomic mass is 10.1. The molecule has 5 heteroatoms. The summed E-state index contributed by atoms with van der Waals surface area (Å²) in [6.07, 6.45) is 1.15. The van der Waals surface area contributed by atoms with Gasteiger partial charge >= 0.3 is 5.97 Å². The maximum absolute atomic E-state index is 13.6. The van der Waals surface area contributed by atoms with Crippen molar-refractivity contribution in [1.82, 2.24) is 0 Å². The van der Waals surface area contributed by atoms with Gasteiger partial charge in [-0.25, -0.2) is 9.18 Å². The van der Waals surface area contributed by atoms with Crippen molar-refractivity contribution in [2.24, 2.45) is 0 Å². The summed E-state index contributed by atoms with van der Waals surface area (Å²) < 4.78 is 23.1. The number of hydrogen-bond donors (Lipinski definition) is 0. The molecule has 0 bridgehead atoms. The van der Waals surface area contributed by atoms with Crippen LogP contribution in [-0.4, -0.2) is 13.1 Å². The number of fused-ring (bicyclic) bond motifs is 1. The molecule has 0 atom stereocenters. The van der Waals surface area contributed by atoms with Gasteiger partial charge in [0.25, 0.3) is 0 Å². The van der Waals surface area contributed by atoms with Crippen molar-refractivity contribution in [2.45, 2.75) is 0 Å². The quantitative estimate of drug-likeness (QED) is 0.705. The normalized spacial score (nSPS) is 10.6. The molecular weight excluding hydrogens is 223 g/mol. The van der Waals surface area contributed by atoms with Crippen molar-refractivity contribution in [3.63, 3.8) is 0 Å². The lowest BCUT2D eigenvalue weighted by molar-refractivity contribution is 0.0601. The van der Waals surface area contributed by atoms with E-state index < -0.39 is 11.8 Å². The van der Waals surface area contributed by atoms with Crippen molar-refractivity contribution >= 4 is 28.5 Å². The SMILES string of the molecule is COC(=O)c1coc2ccc(Cl)c(F)c12. The van der Waals surface area contributed by atoms with Crippen molar-refractivity contribution in [3.8, 4) is 0 Å². The highest BCUT2D eigenvalue weighted by Gasteiger charge is 2.19. The first kappa shape index (κ1) is 9.98. The number of rotatable bonds is 1. The highest BCUT2D eigenvalue weighted by atomic mass is 35.5. The summed E-state index contributed by atoms with van der Waals surface area (Å²) in [5.41, 5.74) is 0.296. The topological polar surface area (TPSA) is 39.4 Å². The summed E-state index contributed by atoms with van der Waals surface area (Å²) in [5.74, 6) is -1.33. The van der Waals surface area contributed by atoms with Crippen LogP contribution in [0, 0.1) is 5.82 Å². The molecule has 1 heterocycles. The van der Waals surface area contributed by atoms with Gasteiger partial charge in [-0.2, -0.15) is 0 Å². The molecule has 0 fully saturated rings. The van der Waals surface area contributed by atoms with Gasteiger partial charge < -0.3 is 9.15 Å². The molecule has 1 aromatic carbocycles. The lowest BCUT2D eigenvalue weighted by Crippen LogP contribution is -2.00. The van der Waals surface area contributed by atoms with E-state index in [1.165, 1.54) is 19.2 Å². The fourth-order valence-corrected chi connectivity index (χ4v) is 1.48. The molecule has 0 saturated carbocycles. The van der Waals surface area contributed by atoms with Crippen molar-refractivity contribution in [1.29, 1.82) is 0 Å². The van der Waals surface area contributed by atoms with Crippen LogP contribution in [0.15, 0.2) is 22.8 Å². The van der Waals surface area contributed by atoms with E-state index >= 15 is 0 Å². The molecule has 0 aliphatic rings. The third-order valence-electron chi connectivity index (χ3n) is 2.03. The second kappa shape index (κ2) is 3.55. The van der Waals surface area contributed by atoms with E-state index in [2.05, 4.69) is 4.74 Å². The first-order valence-electron chi connectivity index (χ1n) is 4.08. The third-order valence-corrected chi connectivity index (χ3v) is 2.33. The zero-order chi connectivity index (χ0) is 11.0. The number of esters is 1. The largest absolute Gasteiger partial charge is 0.465 e. The molecule has 0 amide bonds. The van der Waals surface area contributed by atoms with Crippen LogP contribution in [0.5, 0.6) is 0 Å². The number of carbonyl (C=O) groups excluding carboxylic acids is 1. The second-order valence-electron chi connectivity index (χ2n) is 2.88. The van der Waals surface area contributed by atoms with Gasteiger partial charge in [0, 0.05) is 0 Å². The lowest BCUT2D eigenvalue weighted by Gasteiger charge is -1.98. The van der Waals surface area contributed by atoms with Crippen LogP contribution in [0.4, 0.5) is 4.39 Å². The Morgan fingerprint density at radius 2 is 2.27 bits per heavy atom. The minimum atomic E-state index is -0.677. The summed E-state index contributed by atoms with van der Waals surface area (Å²) >= 11 is 5.60. The van der Waals surface area contributed by atoms with E-state index in [1.807, 2.05) is 0 Å². The Bertz CT molecular complexity index is 533. The second-order valence-corrected chi connectivity index (χ2v) is 3.28. The fourth-order valence-electron chi connectivity index (χ4n) is 1.32. The number of hydrogen-bond acceptors (Lipinski definition) is 3. The Balaban J connectivity index is 2.77. The van der Waals surface area contributed by atoms with E-state index in [1.54, 1.807) is 0 Å². The molecule has 0 radical (unpaired) electrons. The van der Waals surface area contributed by atoms with Crippen LogP contribution >= 0.6 is 11.6 Å². The summed E-state index contributed by atoms with van der Waals surface area (Å²) in [6.45, 7) is 0. The number of halogens is 2. The molecule has 1 aromatic heterocycles. The van der Waals surface area contributed by atoms with Crippen LogP contribution in [0.25, 0.3) is 11.0 Å². The van der Waals surface area contributed by atoms with E-state index in [4.69, 9.17) is 16.0 Å². The van der Waals surface area contributed by atoms with Gasteiger partial charge in [0.15, 0.2) is 5.82 Å². The summed E-state index contributed by atoms with van der Waals surface area (Å²) in [6, 6.07) is 2.86. The van der Waals surface area contributed by atoms with Crippen LogP contribution in [0.2, 0.25) is 5.02 Å². The average Bonchev–Trinajstić information content (AvgIpc) is 2.67. The third kappa shape index (κ3) is 1.47. The van der Waals surface area contributed by atoms with Gasteiger partial charge in [0.05, 0.1) is 17.5 Å². The van der Waals surface area contributed by atoms with Crippen molar-refractivity contribution in [2.75, 3.05) is 7.11 Å². The van der Waals surface area contributed by atoms with Gasteiger partial charge in [-0.1, -0.05) is 11.6 Å². The summed E-state index contributed by atoms with van der Waals surface area (Å²) in [4.78, 5) is 11.3. The fraction of sp³-hybridized carbons (Fsp3) is 0.100. The Morgan fingerprint density at radius 1 is 1.53 bits per heavy atom. The molecule has 0 unspecified atom stereocenters.